The highest BCUT2D eigenvalue weighted by Gasteiger charge is 2.09. The Kier molecular flexibility index (Phi) is 8.34. The average molecular weight is 383 g/mol. The molecule has 0 fully saturated rings. The highest BCUT2D eigenvalue weighted by atomic mass is 16.5. The Morgan fingerprint density at radius 2 is 1.75 bits per heavy atom. The molecule has 3 N–H and O–H groups in total. The lowest BCUT2D eigenvalue weighted by atomic mass is 10.2. The third kappa shape index (κ3) is 6.95. The first-order valence-electron chi connectivity index (χ1n) is 9.63. The summed E-state index contributed by atoms with van der Waals surface area (Å²) in [6.45, 7) is 7.51. The van der Waals surface area contributed by atoms with Gasteiger partial charge in [0.2, 0.25) is 5.91 Å². The van der Waals surface area contributed by atoms with Crippen molar-refractivity contribution in [2.24, 2.45) is 5.92 Å². The van der Waals surface area contributed by atoms with E-state index in [0.29, 0.717) is 36.1 Å². The summed E-state index contributed by atoms with van der Waals surface area (Å²) in [6, 6.07) is 14.4. The van der Waals surface area contributed by atoms with Crippen LogP contribution < -0.4 is 20.7 Å². The second-order valence-corrected chi connectivity index (χ2v) is 6.94. The molecule has 0 aliphatic carbocycles. The largest absolute Gasteiger partial charge is 0.491 e. The molecule has 6 heteroatoms. The molecule has 6 nitrogen and oxygen atoms in total. The van der Waals surface area contributed by atoms with E-state index in [1.54, 1.807) is 24.3 Å². The molecule has 0 aromatic heterocycles. The molecule has 0 saturated heterocycles. The zero-order valence-electron chi connectivity index (χ0n) is 16.7. The van der Waals surface area contributed by atoms with Gasteiger partial charge in [-0.3, -0.25) is 9.59 Å². The maximum atomic E-state index is 12.3. The Bertz CT molecular complexity index is 773. The van der Waals surface area contributed by atoms with Crippen molar-refractivity contribution in [2.75, 3.05) is 30.3 Å². The molecule has 2 aromatic carbocycles. The summed E-state index contributed by atoms with van der Waals surface area (Å²) in [7, 11) is 0. The predicted molar refractivity (Wildman–Crippen MR) is 113 cm³/mol. The minimum absolute atomic E-state index is 0.0934. The first-order chi connectivity index (χ1) is 13.5. The van der Waals surface area contributed by atoms with Gasteiger partial charge in [0.15, 0.2) is 0 Å². The van der Waals surface area contributed by atoms with Crippen LogP contribution in [0.2, 0.25) is 0 Å². The molecule has 2 rings (SSSR count). The third-order valence-corrected chi connectivity index (χ3v) is 3.87. The fraction of sp³-hybridized carbons (Fsp3) is 0.364. The Hall–Kier alpha value is -3.02. The van der Waals surface area contributed by atoms with Gasteiger partial charge in [-0.1, -0.05) is 32.9 Å². The minimum atomic E-state index is -0.176. The first kappa shape index (κ1) is 21.3. The number of nitrogens with one attached hydrogen (secondary N) is 3. The van der Waals surface area contributed by atoms with Crippen LogP contribution >= 0.6 is 0 Å². The summed E-state index contributed by atoms with van der Waals surface area (Å²) in [5.41, 5.74) is 2.02. The second kappa shape index (κ2) is 11.0. The van der Waals surface area contributed by atoms with Crippen LogP contribution in [0, 0.1) is 5.92 Å². The van der Waals surface area contributed by atoms with Crippen LogP contribution in [0.15, 0.2) is 48.5 Å². The van der Waals surface area contributed by atoms with Gasteiger partial charge in [-0.05, 0) is 48.7 Å². The lowest BCUT2D eigenvalue weighted by Crippen LogP contribution is -2.24. The van der Waals surface area contributed by atoms with E-state index in [-0.39, 0.29) is 18.4 Å². The number of anilines is 2. The molecule has 0 bridgehead atoms. The summed E-state index contributed by atoms with van der Waals surface area (Å²) >= 11 is 0. The maximum absolute atomic E-state index is 12.3. The molecule has 28 heavy (non-hydrogen) atoms. The molecule has 2 aromatic rings. The van der Waals surface area contributed by atoms with E-state index >= 15 is 0 Å². The van der Waals surface area contributed by atoms with Crippen LogP contribution in [-0.2, 0) is 4.79 Å². The molecule has 0 atom stereocenters. The van der Waals surface area contributed by atoms with Gasteiger partial charge in [-0.2, -0.15) is 0 Å². The summed E-state index contributed by atoms with van der Waals surface area (Å²) < 4.78 is 5.75. The molecule has 2 amide bonds. The van der Waals surface area contributed by atoms with Crippen molar-refractivity contribution in [1.82, 2.24) is 5.32 Å². The molecule has 0 aliphatic heterocycles. The number of hydrogen-bond donors (Lipinski definition) is 3. The van der Waals surface area contributed by atoms with Crippen molar-refractivity contribution in [3.05, 3.63) is 54.1 Å². The number of benzene rings is 2. The zero-order valence-corrected chi connectivity index (χ0v) is 16.7. The number of carbonyl (C=O) groups excluding carboxylic acids is 2. The van der Waals surface area contributed by atoms with Gasteiger partial charge in [-0.25, -0.2) is 0 Å². The number of carbonyl (C=O) groups is 2. The van der Waals surface area contributed by atoms with Crippen LogP contribution in [0.1, 0.15) is 37.6 Å². The smallest absolute Gasteiger partial charge is 0.251 e. The third-order valence-electron chi connectivity index (χ3n) is 3.87. The van der Waals surface area contributed by atoms with Crippen LogP contribution in [0.5, 0.6) is 5.75 Å². The monoisotopic (exact) mass is 383 g/mol. The zero-order chi connectivity index (χ0) is 20.4. The number of hydrogen-bond acceptors (Lipinski definition) is 4. The van der Waals surface area contributed by atoms with Gasteiger partial charge >= 0.3 is 0 Å². The highest BCUT2D eigenvalue weighted by Crippen LogP contribution is 2.24. The van der Waals surface area contributed by atoms with Gasteiger partial charge < -0.3 is 20.7 Å². The number of amides is 2. The van der Waals surface area contributed by atoms with Crippen LogP contribution in [0.25, 0.3) is 0 Å². The fourth-order valence-corrected chi connectivity index (χ4v) is 2.41. The Labute approximate surface area is 166 Å². The standard InChI is InChI=1S/C22H29N3O3/c1-4-13-23-22(27)17-9-11-18(12-10-17)24-14-21(26)25-19-7-5-6-8-20(19)28-15-16(2)3/h5-12,16,24H,4,13-15H2,1-3H3,(H,23,27)(H,25,26). The quantitative estimate of drug-likeness (QED) is 0.581. The van der Waals surface area contributed by atoms with E-state index in [1.165, 1.54) is 0 Å². The molecular weight excluding hydrogens is 354 g/mol. The Morgan fingerprint density at radius 3 is 2.43 bits per heavy atom. The maximum Gasteiger partial charge on any atom is 0.251 e. The highest BCUT2D eigenvalue weighted by molar-refractivity contribution is 5.96. The van der Waals surface area contributed by atoms with Gasteiger partial charge in [0, 0.05) is 17.8 Å². The predicted octanol–water partition coefficient (Wildman–Crippen LogP) is 3.91. The molecule has 0 aliphatic rings. The molecule has 0 spiro atoms. The van der Waals surface area contributed by atoms with E-state index < -0.39 is 0 Å². The average Bonchev–Trinajstić information content (AvgIpc) is 2.70. The molecule has 0 saturated carbocycles. The normalized spacial score (nSPS) is 10.4. The molecular formula is C22H29N3O3. The summed E-state index contributed by atoms with van der Waals surface area (Å²) in [6.07, 6.45) is 0.895. The Morgan fingerprint density at radius 1 is 1.04 bits per heavy atom. The van der Waals surface area contributed by atoms with Gasteiger partial charge in [-0.15, -0.1) is 0 Å². The van der Waals surface area contributed by atoms with Crippen LogP contribution in [0.4, 0.5) is 11.4 Å². The fourth-order valence-electron chi connectivity index (χ4n) is 2.41. The van der Waals surface area contributed by atoms with Crippen LogP contribution in [0.3, 0.4) is 0 Å². The van der Waals surface area contributed by atoms with Crippen molar-refractivity contribution in [3.63, 3.8) is 0 Å². The minimum Gasteiger partial charge on any atom is -0.491 e. The summed E-state index contributed by atoms with van der Waals surface area (Å²) in [5, 5.41) is 8.76. The van der Waals surface area contributed by atoms with Crippen molar-refractivity contribution in [2.45, 2.75) is 27.2 Å². The van der Waals surface area contributed by atoms with Crippen molar-refractivity contribution < 1.29 is 14.3 Å². The lowest BCUT2D eigenvalue weighted by molar-refractivity contribution is -0.114. The van der Waals surface area contributed by atoms with E-state index in [9.17, 15) is 9.59 Å². The number of para-hydroxylation sites is 2. The first-order valence-corrected chi connectivity index (χ1v) is 9.63. The SMILES string of the molecule is CCCNC(=O)c1ccc(NCC(=O)Nc2ccccc2OCC(C)C)cc1. The van der Waals surface area contributed by atoms with E-state index in [2.05, 4.69) is 29.8 Å². The summed E-state index contributed by atoms with van der Waals surface area (Å²) in [5.74, 6) is 0.791. The van der Waals surface area contributed by atoms with Crippen molar-refractivity contribution in [1.29, 1.82) is 0 Å². The molecule has 150 valence electrons. The van der Waals surface area contributed by atoms with Crippen molar-refractivity contribution >= 4 is 23.2 Å². The van der Waals surface area contributed by atoms with Crippen LogP contribution in [-0.4, -0.2) is 31.5 Å². The van der Waals surface area contributed by atoms with Gasteiger partial charge in [0.05, 0.1) is 18.8 Å². The lowest BCUT2D eigenvalue weighted by Gasteiger charge is -2.14. The Balaban J connectivity index is 1.87. The summed E-state index contributed by atoms with van der Waals surface area (Å²) in [4.78, 5) is 24.2. The van der Waals surface area contributed by atoms with E-state index in [1.807, 2.05) is 31.2 Å². The van der Waals surface area contributed by atoms with Gasteiger partial charge in [0.25, 0.3) is 5.91 Å². The second-order valence-electron chi connectivity index (χ2n) is 6.94. The van der Waals surface area contributed by atoms with Gasteiger partial charge in [0.1, 0.15) is 5.75 Å². The topological polar surface area (TPSA) is 79.5 Å². The molecule has 0 unspecified atom stereocenters. The van der Waals surface area contributed by atoms with Crippen molar-refractivity contribution in [3.8, 4) is 5.75 Å². The van der Waals surface area contributed by atoms with E-state index in [0.717, 1.165) is 12.1 Å². The molecule has 0 radical (unpaired) electrons. The molecule has 0 heterocycles. The van der Waals surface area contributed by atoms with E-state index in [4.69, 9.17) is 4.74 Å². The number of rotatable bonds is 10. The number of ether oxygens (including phenoxy) is 1.